The summed E-state index contributed by atoms with van der Waals surface area (Å²) in [5.74, 6) is 1.97. The molecule has 4 nitrogen and oxygen atoms in total. The first-order valence-electron chi connectivity index (χ1n) is 13.9. The average molecular weight is 539 g/mol. The van der Waals surface area contributed by atoms with Crippen molar-refractivity contribution in [2.45, 2.75) is 0 Å². The van der Waals surface area contributed by atoms with Crippen LogP contribution in [-0.4, -0.2) is 19.9 Å². The van der Waals surface area contributed by atoms with Crippen LogP contribution in [0, 0.1) is 0 Å². The molecular formula is C38H26N4. The summed E-state index contributed by atoms with van der Waals surface area (Å²) in [5, 5.41) is 0. The molecule has 0 aliphatic rings. The van der Waals surface area contributed by atoms with Gasteiger partial charge in [-0.15, -0.1) is 0 Å². The number of pyridine rings is 1. The second-order valence-corrected chi connectivity index (χ2v) is 9.98. The Morgan fingerprint density at radius 1 is 0.286 bits per heavy atom. The molecule has 0 radical (unpaired) electrons. The number of nitrogens with zero attached hydrogens (tertiary/aromatic N) is 4. The fourth-order valence-electron chi connectivity index (χ4n) is 5.10. The minimum absolute atomic E-state index is 0.650. The lowest BCUT2D eigenvalue weighted by Crippen LogP contribution is -2.00. The van der Waals surface area contributed by atoms with E-state index in [1.807, 2.05) is 72.9 Å². The third-order valence-electron chi connectivity index (χ3n) is 7.27. The molecule has 0 aliphatic heterocycles. The second-order valence-electron chi connectivity index (χ2n) is 9.98. The lowest BCUT2D eigenvalue weighted by Gasteiger charge is -2.11. The van der Waals surface area contributed by atoms with Crippen molar-refractivity contribution in [1.82, 2.24) is 19.9 Å². The zero-order valence-electron chi connectivity index (χ0n) is 22.8. The van der Waals surface area contributed by atoms with Crippen molar-refractivity contribution in [3.8, 4) is 67.5 Å². The normalized spacial score (nSPS) is 10.9. The molecule has 0 spiro atoms. The van der Waals surface area contributed by atoms with Crippen LogP contribution in [0.15, 0.2) is 158 Å². The lowest BCUT2D eigenvalue weighted by atomic mass is 9.94. The average Bonchev–Trinajstić information content (AvgIpc) is 3.09. The third-order valence-corrected chi connectivity index (χ3v) is 7.27. The number of hydrogen-bond acceptors (Lipinski definition) is 4. The van der Waals surface area contributed by atoms with Crippen LogP contribution in [0.2, 0.25) is 0 Å². The maximum absolute atomic E-state index is 4.85. The van der Waals surface area contributed by atoms with Crippen LogP contribution in [0.3, 0.4) is 0 Å². The van der Waals surface area contributed by atoms with Crippen LogP contribution < -0.4 is 0 Å². The van der Waals surface area contributed by atoms with Crippen LogP contribution in [-0.2, 0) is 0 Å². The van der Waals surface area contributed by atoms with Gasteiger partial charge in [0, 0.05) is 34.6 Å². The van der Waals surface area contributed by atoms with Crippen LogP contribution in [0.4, 0.5) is 0 Å². The van der Waals surface area contributed by atoms with Gasteiger partial charge in [0.1, 0.15) is 0 Å². The Labute approximate surface area is 245 Å². The Bertz CT molecular complexity index is 1880. The fourth-order valence-corrected chi connectivity index (χ4v) is 5.10. The fraction of sp³-hybridized carbons (Fsp3) is 0. The first-order valence-corrected chi connectivity index (χ1v) is 13.9. The quantitative estimate of drug-likeness (QED) is 0.212. The van der Waals surface area contributed by atoms with Gasteiger partial charge in [-0.1, -0.05) is 140 Å². The Hall–Kier alpha value is -5.74. The second kappa shape index (κ2) is 11.4. The monoisotopic (exact) mass is 538 g/mol. The van der Waals surface area contributed by atoms with Gasteiger partial charge in [0.2, 0.25) is 0 Å². The minimum Gasteiger partial charge on any atom is -0.264 e. The van der Waals surface area contributed by atoms with Crippen molar-refractivity contribution in [3.63, 3.8) is 0 Å². The van der Waals surface area contributed by atoms with Crippen molar-refractivity contribution in [3.05, 3.63) is 158 Å². The first-order chi connectivity index (χ1) is 20.8. The molecule has 0 amide bonds. The van der Waals surface area contributed by atoms with Gasteiger partial charge in [-0.25, -0.2) is 15.0 Å². The molecule has 7 aromatic rings. The van der Waals surface area contributed by atoms with Crippen molar-refractivity contribution >= 4 is 0 Å². The maximum Gasteiger partial charge on any atom is 0.164 e. The molecule has 2 aromatic heterocycles. The molecule has 0 saturated carbocycles. The highest BCUT2D eigenvalue weighted by atomic mass is 15.0. The van der Waals surface area contributed by atoms with Gasteiger partial charge >= 0.3 is 0 Å². The summed E-state index contributed by atoms with van der Waals surface area (Å²) >= 11 is 0. The number of rotatable bonds is 6. The van der Waals surface area contributed by atoms with E-state index in [4.69, 9.17) is 15.0 Å². The summed E-state index contributed by atoms with van der Waals surface area (Å²) < 4.78 is 0. The van der Waals surface area contributed by atoms with E-state index < -0.39 is 0 Å². The van der Waals surface area contributed by atoms with Gasteiger partial charge < -0.3 is 0 Å². The van der Waals surface area contributed by atoms with Crippen molar-refractivity contribution in [2.75, 3.05) is 0 Å². The highest BCUT2D eigenvalue weighted by Crippen LogP contribution is 2.33. The molecule has 0 bridgehead atoms. The molecule has 0 saturated heterocycles. The molecule has 42 heavy (non-hydrogen) atoms. The predicted molar refractivity (Wildman–Crippen MR) is 170 cm³/mol. The number of aromatic nitrogens is 4. The Morgan fingerprint density at radius 2 is 0.667 bits per heavy atom. The third kappa shape index (κ3) is 5.21. The van der Waals surface area contributed by atoms with Crippen molar-refractivity contribution in [1.29, 1.82) is 0 Å². The van der Waals surface area contributed by atoms with E-state index in [0.717, 1.165) is 33.4 Å². The Morgan fingerprint density at radius 3 is 1.14 bits per heavy atom. The standard InChI is InChI=1S/C38H26N4/c1-3-10-30(11-4-1)36-40-37(31-12-5-2-6-13-31)42-38(41-36)32-23-19-28(20-24-32)27-17-21-29(22-18-27)34-15-7-8-16-35(34)33-14-9-25-39-26-33/h1-26H. The van der Waals surface area contributed by atoms with Crippen LogP contribution in [0.1, 0.15) is 0 Å². The number of benzene rings is 5. The molecular weight excluding hydrogens is 512 g/mol. The van der Waals surface area contributed by atoms with E-state index in [1.165, 1.54) is 16.7 Å². The zero-order chi connectivity index (χ0) is 28.1. The van der Waals surface area contributed by atoms with Gasteiger partial charge in [-0.2, -0.15) is 0 Å². The predicted octanol–water partition coefficient (Wildman–Crippen LogP) is 9.27. The highest BCUT2D eigenvalue weighted by molar-refractivity contribution is 5.84. The molecule has 0 unspecified atom stereocenters. The molecule has 0 N–H and O–H groups in total. The van der Waals surface area contributed by atoms with Gasteiger partial charge in [0.25, 0.3) is 0 Å². The van der Waals surface area contributed by atoms with E-state index in [9.17, 15) is 0 Å². The summed E-state index contributed by atoms with van der Waals surface area (Å²) in [7, 11) is 0. The molecule has 7 rings (SSSR count). The van der Waals surface area contributed by atoms with Crippen LogP contribution >= 0.6 is 0 Å². The van der Waals surface area contributed by atoms with E-state index in [2.05, 4.69) is 83.8 Å². The molecule has 0 atom stereocenters. The molecule has 5 aromatic carbocycles. The van der Waals surface area contributed by atoms with Gasteiger partial charge in [-0.05, 0) is 33.9 Å². The summed E-state index contributed by atoms with van der Waals surface area (Å²) in [6.45, 7) is 0. The molecule has 2 heterocycles. The van der Waals surface area contributed by atoms with E-state index in [0.29, 0.717) is 17.5 Å². The van der Waals surface area contributed by atoms with Crippen LogP contribution in [0.25, 0.3) is 67.5 Å². The topological polar surface area (TPSA) is 51.6 Å². The number of hydrogen-bond donors (Lipinski definition) is 0. The summed E-state index contributed by atoms with van der Waals surface area (Å²) in [4.78, 5) is 18.8. The van der Waals surface area contributed by atoms with Crippen LogP contribution in [0.5, 0.6) is 0 Å². The zero-order valence-corrected chi connectivity index (χ0v) is 22.8. The van der Waals surface area contributed by atoms with Gasteiger partial charge in [0.15, 0.2) is 17.5 Å². The Kier molecular flexibility index (Phi) is 6.85. The SMILES string of the molecule is c1ccc(-c2nc(-c3ccccc3)nc(-c3ccc(-c4ccc(-c5ccccc5-c5cccnc5)cc4)cc3)n2)cc1. The smallest absolute Gasteiger partial charge is 0.164 e. The van der Waals surface area contributed by atoms with E-state index in [1.54, 1.807) is 6.20 Å². The molecule has 198 valence electrons. The summed E-state index contributed by atoms with van der Waals surface area (Å²) in [6.07, 6.45) is 3.71. The minimum atomic E-state index is 0.650. The van der Waals surface area contributed by atoms with Crippen molar-refractivity contribution in [2.24, 2.45) is 0 Å². The molecule has 0 aliphatic carbocycles. The lowest BCUT2D eigenvalue weighted by molar-refractivity contribution is 1.07. The molecule has 4 heteroatoms. The van der Waals surface area contributed by atoms with Gasteiger partial charge in [-0.3, -0.25) is 4.98 Å². The molecule has 0 fully saturated rings. The van der Waals surface area contributed by atoms with E-state index >= 15 is 0 Å². The highest BCUT2D eigenvalue weighted by Gasteiger charge is 2.13. The van der Waals surface area contributed by atoms with Gasteiger partial charge in [0.05, 0.1) is 0 Å². The first kappa shape index (κ1) is 25.2. The largest absolute Gasteiger partial charge is 0.264 e. The van der Waals surface area contributed by atoms with Crippen molar-refractivity contribution < 1.29 is 0 Å². The van der Waals surface area contributed by atoms with E-state index in [-0.39, 0.29) is 0 Å². The maximum atomic E-state index is 4.85. The Balaban J connectivity index is 1.20. The summed E-state index contributed by atoms with van der Waals surface area (Å²) in [6, 6.07) is 49.7. The summed E-state index contributed by atoms with van der Waals surface area (Å²) in [5.41, 5.74) is 9.77.